The first-order valence-electron chi connectivity index (χ1n) is 6.26. The lowest BCUT2D eigenvalue weighted by Gasteiger charge is -2.12. The van der Waals surface area contributed by atoms with Crippen LogP contribution in [-0.4, -0.2) is 8.42 Å². The number of sulfonamides is 1. The summed E-state index contributed by atoms with van der Waals surface area (Å²) in [5.41, 5.74) is 8.43. The molecule has 0 unspecified atom stereocenters. The molecule has 0 heterocycles. The van der Waals surface area contributed by atoms with E-state index in [9.17, 15) is 8.42 Å². The van der Waals surface area contributed by atoms with Crippen molar-refractivity contribution < 1.29 is 8.42 Å². The van der Waals surface area contributed by atoms with Crippen molar-refractivity contribution in [2.24, 2.45) is 0 Å². The second-order valence-electron chi connectivity index (χ2n) is 4.69. The topological polar surface area (TPSA) is 96.0 Å². The van der Waals surface area contributed by atoms with Gasteiger partial charge in [0.25, 0.3) is 0 Å². The van der Waals surface area contributed by atoms with E-state index in [1.807, 2.05) is 6.07 Å². The second-order valence-corrected chi connectivity index (χ2v) is 6.42. The zero-order valence-corrected chi connectivity index (χ0v) is 12.3. The number of nitriles is 1. The van der Waals surface area contributed by atoms with Gasteiger partial charge in [-0.25, -0.2) is 8.42 Å². The van der Waals surface area contributed by atoms with Gasteiger partial charge < -0.3 is 5.73 Å². The summed E-state index contributed by atoms with van der Waals surface area (Å²) in [4.78, 5) is 0. The molecule has 0 aliphatic rings. The van der Waals surface area contributed by atoms with E-state index < -0.39 is 10.0 Å². The van der Waals surface area contributed by atoms with Crippen molar-refractivity contribution in [3.8, 4) is 6.07 Å². The molecule has 0 fully saturated rings. The molecule has 2 aromatic rings. The highest BCUT2D eigenvalue weighted by atomic mass is 32.2. The molecule has 0 spiro atoms. The number of nitrogen functional groups attached to an aromatic ring is 1. The lowest BCUT2D eigenvalue weighted by atomic mass is 10.2. The quantitative estimate of drug-likeness (QED) is 0.847. The number of anilines is 2. The number of nitrogens with one attached hydrogen (secondary N) is 1. The van der Waals surface area contributed by atoms with Crippen LogP contribution in [0.2, 0.25) is 0 Å². The number of hydrogen-bond acceptors (Lipinski definition) is 4. The highest BCUT2D eigenvalue weighted by molar-refractivity contribution is 7.91. The van der Waals surface area contributed by atoms with Crippen molar-refractivity contribution in [2.45, 2.75) is 12.7 Å². The molecule has 0 aliphatic carbocycles. The molecule has 0 aliphatic heterocycles. The first-order chi connectivity index (χ1) is 9.91. The van der Waals surface area contributed by atoms with Crippen LogP contribution in [0, 0.1) is 18.3 Å². The van der Waals surface area contributed by atoms with Gasteiger partial charge in [-0.15, -0.1) is 0 Å². The van der Waals surface area contributed by atoms with Gasteiger partial charge in [0.1, 0.15) is 0 Å². The molecule has 5 nitrogen and oxygen atoms in total. The number of hydrogen-bond donors (Lipinski definition) is 2. The summed E-state index contributed by atoms with van der Waals surface area (Å²) in [6, 6.07) is 13.6. The van der Waals surface area contributed by atoms with Crippen LogP contribution < -0.4 is 10.5 Å². The molecule has 0 aromatic heterocycles. The Kier molecular flexibility index (Phi) is 4.15. The fourth-order valence-electron chi connectivity index (χ4n) is 1.92. The summed E-state index contributed by atoms with van der Waals surface area (Å²) in [5, 5.41) is 8.83. The molecular formula is C15H15N3O2S. The first kappa shape index (κ1) is 14.9. The van der Waals surface area contributed by atoms with E-state index >= 15 is 0 Å². The van der Waals surface area contributed by atoms with Gasteiger partial charge in [0.05, 0.1) is 23.1 Å². The van der Waals surface area contributed by atoms with Gasteiger partial charge in [-0.3, -0.25) is 4.72 Å². The smallest absolute Gasteiger partial charge is 0.236 e. The van der Waals surface area contributed by atoms with Gasteiger partial charge in [0.15, 0.2) is 0 Å². The van der Waals surface area contributed by atoms with Gasteiger partial charge in [-0.1, -0.05) is 18.2 Å². The van der Waals surface area contributed by atoms with Crippen molar-refractivity contribution >= 4 is 21.4 Å². The molecule has 0 bridgehead atoms. The summed E-state index contributed by atoms with van der Waals surface area (Å²) >= 11 is 0. The lowest BCUT2D eigenvalue weighted by molar-refractivity contribution is 0.600. The minimum atomic E-state index is -3.57. The van der Waals surface area contributed by atoms with E-state index in [1.54, 1.807) is 49.4 Å². The SMILES string of the molecule is Cc1c(N)cccc1NS(=O)(=O)Cc1cccc(C#N)c1. The van der Waals surface area contributed by atoms with Crippen LogP contribution in [0.15, 0.2) is 42.5 Å². The van der Waals surface area contributed by atoms with Crippen LogP contribution >= 0.6 is 0 Å². The molecule has 0 atom stereocenters. The Hall–Kier alpha value is -2.52. The van der Waals surface area contributed by atoms with Gasteiger partial charge in [-0.2, -0.15) is 5.26 Å². The van der Waals surface area contributed by atoms with Crippen molar-refractivity contribution in [3.05, 3.63) is 59.2 Å². The number of rotatable bonds is 4. The van der Waals surface area contributed by atoms with Crippen LogP contribution in [0.5, 0.6) is 0 Å². The van der Waals surface area contributed by atoms with E-state index in [-0.39, 0.29) is 5.75 Å². The molecule has 2 rings (SSSR count). The molecule has 108 valence electrons. The molecule has 3 N–H and O–H groups in total. The van der Waals surface area contributed by atoms with Crippen LogP contribution in [0.1, 0.15) is 16.7 Å². The molecule has 0 amide bonds. The van der Waals surface area contributed by atoms with E-state index in [4.69, 9.17) is 11.0 Å². The summed E-state index contributed by atoms with van der Waals surface area (Å²) in [7, 11) is -3.57. The summed E-state index contributed by atoms with van der Waals surface area (Å²) in [6.07, 6.45) is 0. The lowest BCUT2D eigenvalue weighted by Crippen LogP contribution is -2.16. The average molecular weight is 301 g/mol. The van der Waals surface area contributed by atoms with Crippen molar-refractivity contribution in [3.63, 3.8) is 0 Å². The van der Waals surface area contributed by atoms with Crippen molar-refractivity contribution in [1.82, 2.24) is 0 Å². The zero-order chi connectivity index (χ0) is 15.5. The Balaban J connectivity index is 2.23. The highest BCUT2D eigenvalue weighted by Gasteiger charge is 2.14. The molecule has 0 saturated carbocycles. The molecular weight excluding hydrogens is 286 g/mol. The molecule has 2 aromatic carbocycles. The summed E-state index contributed by atoms with van der Waals surface area (Å²) < 4.78 is 26.9. The van der Waals surface area contributed by atoms with Crippen LogP contribution in [-0.2, 0) is 15.8 Å². The fraction of sp³-hybridized carbons (Fsp3) is 0.133. The maximum Gasteiger partial charge on any atom is 0.236 e. The van der Waals surface area contributed by atoms with Crippen LogP contribution in [0.25, 0.3) is 0 Å². The summed E-state index contributed by atoms with van der Waals surface area (Å²) in [6.45, 7) is 1.75. The first-order valence-corrected chi connectivity index (χ1v) is 7.91. The Labute approximate surface area is 124 Å². The predicted octanol–water partition coefficient (Wildman–Crippen LogP) is 2.39. The van der Waals surface area contributed by atoms with E-state index in [1.165, 1.54) is 0 Å². The number of nitrogens with zero attached hydrogens (tertiary/aromatic N) is 1. The Morgan fingerprint density at radius 3 is 2.67 bits per heavy atom. The highest BCUT2D eigenvalue weighted by Crippen LogP contribution is 2.22. The predicted molar refractivity (Wildman–Crippen MR) is 83.0 cm³/mol. The van der Waals surface area contributed by atoms with Crippen molar-refractivity contribution in [1.29, 1.82) is 5.26 Å². The van der Waals surface area contributed by atoms with E-state index in [2.05, 4.69) is 4.72 Å². The standard InChI is InChI=1S/C15H15N3O2S/c1-11-14(17)6-3-7-15(11)18-21(19,20)10-13-5-2-4-12(8-13)9-16/h2-8,18H,10,17H2,1H3. The van der Waals surface area contributed by atoms with Gasteiger partial charge >= 0.3 is 0 Å². The largest absolute Gasteiger partial charge is 0.398 e. The Morgan fingerprint density at radius 2 is 1.95 bits per heavy atom. The number of nitrogens with two attached hydrogens (primary N) is 1. The van der Waals surface area contributed by atoms with Crippen molar-refractivity contribution in [2.75, 3.05) is 10.5 Å². The summed E-state index contributed by atoms with van der Waals surface area (Å²) in [5.74, 6) is -0.198. The molecule has 21 heavy (non-hydrogen) atoms. The third-order valence-electron chi connectivity index (χ3n) is 3.05. The number of benzene rings is 2. The molecule has 6 heteroatoms. The maximum atomic E-state index is 12.2. The van der Waals surface area contributed by atoms with Gasteiger partial charge in [0, 0.05) is 5.69 Å². The fourth-order valence-corrected chi connectivity index (χ4v) is 3.16. The van der Waals surface area contributed by atoms with Gasteiger partial charge in [0.2, 0.25) is 10.0 Å². The molecule has 0 radical (unpaired) electrons. The normalized spacial score (nSPS) is 10.9. The Morgan fingerprint density at radius 1 is 1.24 bits per heavy atom. The zero-order valence-electron chi connectivity index (χ0n) is 11.5. The monoisotopic (exact) mass is 301 g/mol. The Bertz CT molecular complexity index is 808. The average Bonchev–Trinajstić information content (AvgIpc) is 2.43. The third-order valence-corrected chi connectivity index (χ3v) is 4.30. The van der Waals surface area contributed by atoms with Crippen LogP contribution in [0.4, 0.5) is 11.4 Å². The van der Waals surface area contributed by atoms with Gasteiger partial charge in [-0.05, 0) is 42.3 Å². The van der Waals surface area contributed by atoms with Crippen LogP contribution in [0.3, 0.4) is 0 Å². The maximum absolute atomic E-state index is 12.2. The second kappa shape index (κ2) is 5.85. The minimum Gasteiger partial charge on any atom is -0.398 e. The van der Waals surface area contributed by atoms with E-state index in [0.29, 0.717) is 28.1 Å². The van der Waals surface area contributed by atoms with E-state index in [0.717, 1.165) is 0 Å². The molecule has 0 saturated heterocycles. The minimum absolute atomic E-state index is 0.198. The third kappa shape index (κ3) is 3.74.